The highest BCUT2D eigenvalue weighted by molar-refractivity contribution is 7.45. The number of nitrogens with zero attached hydrogens (tertiary/aromatic N) is 1. The van der Waals surface area contributed by atoms with Gasteiger partial charge in [0.15, 0.2) is 0 Å². The molecular weight excluding hydrogens is 900 g/mol. The number of quaternary nitrogens is 1. The number of carbonyl (C=O) groups is 1. The average Bonchev–Trinajstić information content (AvgIpc) is 3.33. The quantitative estimate of drug-likeness (QED) is 0.0272. The largest absolute Gasteiger partial charge is 0.756 e. The van der Waals surface area contributed by atoms with Crippen molar-refractivity contribution >= 4 is 13.7 Å². The number of likely N-dealkylation sites (N-methyl/N-ethyl adjacent to an activating group) is 1. The zero-order valence-electron chi connectivity index (χ0n) is 47.4. The number of phosphoric acid groups is 1. The number of hydrogen-bond donors (Lipinski definition) is 2. The lowest BCUT2D eigenvalue weighted by Crippen LogP contribution is -2.45. The molecular formula is C62H117N2O6P. The van der Waals surface area contributed by atoms with Crippen molar-refractivity contribution in [3.05, 3.63) is 60.8 Å². The van der Waals surface area contributed by atoms with Crippen molar-refractivity contribution in [3.8, 4) is 0 Å². The highest BCUT2D eigenvalue weighted by Crippen LogP contribution is 2.38. The molecule has 0 aliphatic carbocycles. The van der Waals surface area contributed by atoms with Crippen LogP contribution >= 0.6 is 7.82 Å². The molecule has 0 aromatic rings. The third-order valence-electron chi connectivity index (χ3n) is 13.5. The Bertz CT molecular complexity index is 1340. The predicted octanol–water partition coefficient (Wildman–Crippen LogP) is 17.9. The topological polar surface area (TPSA) is 108 Å². The molecule has 1 amide bonds. The molecule has 0 saturated heterocycles. The van der Waals surface area contributed by atoms with Gasteiger partial charge in [-0.05, 0) is 57.8 Å². The maximum atomic E-state index is 13.0. The Morgan fingerprint density at radius 1 is 0.507 bits per heavy atom. The van der Waals surface area contributed by atoms with Crippen LogP contribution in [0.4, 0.5) is 0 Å². The molecule has 3 atom stereocenters. The summed E-state index contributed by atoms with van der Waals surface area (Å²) in [5, 5.41) is 13.9. The molecule has 0 heterocycles. The van der Waals surface area contributed by atoms with Crippen LogP contribution in [-0.2, 0) is 18.4 Å². The molecule has 0 rings (SSSR count). The summed E-state index contributed by atoms with van der Waals surface area (Å²) in [5.74, 6) is -0.210. The highest BCUT2D eigenvalue weighted by Gasteiger charge is 2.23. The number of unbranched alkanes of at least 4 members (excludes halogenated alkanes) is 34. The molecule has 0 aliphatic heterocycles. The second-order valence-electron chi connectivity index (χ2n) is 21.7. The van der Waals surface area contributed by atoms with Gasteiger partial charge >= 0.3 is 0 Å². The van der Waals surface area contributed by atoms with Crippen molar-refractivity contribution < 1.29 is 32.9 Å². The fourth-order valence-electron chi connectivity index (χ4n) is 8.79. The van der Waals surface area contributed by atoms with E-state index in [4.69, 9.17) is 9.05 Å². The zero-order chi connectivity index (χ0) is 52.0. The molecule has 9 heteroatoms. The molecule has 0 spiro atoms. The van der Waals surface area contributed by atoms with Crippen LogP contribution in [-0.4, -0.2) is 68.5 Å². The summed E-state index contributed by atoms with van der Waals surface area (Å²) in [6.07, 6.45) is 71.7. The van der Waals surface area contributed by atoms with Gasteiger partial charge in [-0.2, -0.15) is 0 Å². The van der Waals surface area contributed by atoms with Crippen LogP contribution < -0.4 is 10.2 Å². The summed E-state index contributed by atoms with van der Waals surface area (Å²) in [7, 11) is 1.25. The second-order valence-corrected chi connectivity index (χ2v) is 23.1. The van der Waals surface area contributed by atoms with E-state index < -0.39 is 20.0 Å². The number of amides is 1. The summed E-state index contributed by atoms with van der Waals surface area (Å²) in [6.45, 7) is 4.55. The van der Waals surface area contributed by atoms with Crippen molar-refractivity contribution in [1.82, 2.24) is 5.32 Å². The average molecular weight is 1020 g/mol. The van der Waals surface area contributed by atoms with Crippen molar-refractivity contribution in [2.75, 3.05) is 40.9 Å². The van der Waals surface area contributed by atoms with Crippen LogP contribution in [0.1, 0.15) is 277 Å². The van der Waals surface area contributed by atoms with E-state index in [9.17, 15) is 19.4 Å². The minimum absolute atomic E-state index is 0.00609. The lowest BCUT2D eigenvalue weighted by atomic mass is 10.0. The first-order valence-electron chi connectivity index (χ1n) is 30.2. The van der Waals surface area contributed by atoms with Gasteiger partial charge in [0.2, 0.25) is 5.91 Å². The zero-order valence-corrected chi connectivity index (χ0v) is 48.3. The molecule has 0 bridgehead atoms. The lowest BCUT2D eigenvalue weighted by molar-refractivity contribution is -0.870. The lowest BCUT2D eigenvalue weighted by Gasteiger charge is -2.29. The Morgan fingerprint density at radius 2 is 0.859 bits per heavy atom. The molecule has 0 saturated carbocycles. The first kappa shape index (κ1) is 69.2. The monoisotopic (exact) mass is 1020 g/mol. The first-order chi connectivity index (χ1) is 34.5. The number of allylic oxidation sites excluding steroid dienone is 9. The van der Waals surface area contributed by atoms with E-state index in [1.165, 1.54) is 180 Å². The number of aliphatic hydroxyl groups is 1. The molecule has 0 aromatic heterocycles. The van der Waals surface area contributed by atoms with E-state index in [1.807, 2.05) is 27.2 Å². The number of phosphoric ester groups is 1. The van der Waals surface area contributed by atoms with E-state index in [0.29, 0.717) is 17.4 Å². The van der Waals surface area contributed by atoms with Crippen LogP contribution in [0, 0.1) is 0 Å². The van der Waals surface area contributed by atoms with Gasteiger partial charge in [-0.3, -0.25) is 9.36 Å². The maximum absolute atomic E-state index is 13.0. The predicted molar refractivity (Wildman–Crippen MR) is 307 cm³/mol. The van der Waals surface area contributed by atoms with Crippen LogP contribution in [0.3, 0.4) is 0 Å². The van der Waals surface area contributed by atoms with Crippen LogP contribution in [0.2, 0.25) is 0 Å². The molecule has 0 aliphatic rings. The van der Waals surface area contributed by atoms with Crippen molar-refractivity contribution in [3.63, 3.8) is 0 Å². The minimum atomic E-state index is -4.61. The van der Waals surface area contributed by atoms with Crippen LogP contribution in [0.5, 0.6) is 0 Å². The first-order valence-corrected chi connectivity index (χ1v) is 31.6. The number of rotatable bonds is 55. The Kier molecular flexibility index (Phi) is 51.7. The van der Waals surface area contributed by atoms with Gasteiger partial charge in [-0.25, -0.2) is 0 Å². The molecule has 0 aromatic carbocycles. The summed E-state index contributed by atoms with van der Waals surface area (Å²) in [5.41, 5.74) is 0. The molecule has 416 valence electrons. The highest BCUT2D eigenvalue weighted by atomic mass is 31.2. The third kappa shape index (κ3) is 55.8. The van der Waals surface area contributed by atoms with E-state index in [1.54, 1.807) is 6.08 Å². The standard InChI is InChI=1S/C62H117N2O6P/c1-6-8-10-12-14-16-18-20-22-24-26-27-28-29-30-31-32-33-34-35-36-38-39-41-43-45-47-49-51-53-55-61(65)60(59-70-71(67,68)69-58-57-64(3,4)5)63-62(66)56-54-52-50-48-46-44-42-40-37-25-23-21-19-17-15-13-11-9-7-2/h9,11,15,17,21,23,37,40,53,55,60-61,65H,6-8,10,12-14,16,18-20,22,24-36,38-39,41-52,54,56-59H2,1-5H3,(H-,63,66,67,68)/b11-9-,17-15-,23-21-,40-37-,55-53+. The molecule has 2 N–H and O–H groups in total. The van der Waals surface area contributed by atoms with Crippen molar-refractivity contribution in [1.29, 1.82) is 0 Å². The van der Waals surface area contributed by atoms with Gasteiger partial charge < -0.3 is 28.8 Å². The van der Waals surface area contributed by atoms with E-state index in [2.05, 4.69) is 67.8 Å². The summed E-state index contributed by atoms with van der Waals surface area (Å²) in [4.78, 5) is 25.5. The molecule has 3 unspecified atom stereocenters. The molecule has 0 fully saturated rings. The Labute approximate surface area is 441 Å². The SMILES string of the molecule is CC/C=C\C/C=C\C/C=C\C/C=C\CCCCCCCCC(=O)NC(COP(=O)([O-])OCC[N+](C)(C)C)C(O)/C=C/CCCCCCCCCCCCCCCCCCCCCCCCCCCCCC. The Morgan fingerprint density at radius 3 is 1.25 bits per heavy atom. The Balaban J connectivity index is 4.15. The number of aliphatic hydroxyl groups excluding tert-OH is 1. The van der Waals surface area contributed by atoms with E-state index >= 15 is 0 Å². The summed E-state index contributed by atoms with van der Waals surface area (Å²) in [6, 6.07) is -0.898. The van der Waals surface area contributed by atoms with Gasteiger partial charge in [0.25, 0.3) is 7.82 Å². The normalized spacial score (nSPS) is 14.3. The van der Waals surface area contributed by atoms with Gasteiger partial charge in [0.1, 0.15) is 13.2 Å². The molecule has 71 heavy (non-hydrogen) atoms. The number of hydrogen-bond acceptors (Lipinski definition) is 6. The number of nitrogens with one attached hydrogen (secondary N) is 1. The van der Waals surface area contributed by atoms with E-state index in [0.717, 1.165) is 77.0 Å². The van der Waals surface area contributed by atoms with Crippen molar-refractivity contribution in [2.45, 2.75) is 289 Å². The smallest absolute Gasteiger partial charge is 0.268 e. The van der Waals surface area contributed by atoms with Crippen LogP contribution in [0.25, 0.3) is 0 Å². The molecule has 8 nitrogen and oxygen atoms in total. The van der Waals surface area contributed by atoms with Gasteiger partial charge in [-0.15, -0.1) is 0 Å². The van der Waals surface area contributed by atoms with Crippen molar-refractivity contribution in [2.24, 2.45) is 0 Å². The van der Waals surface area contributed by atoms with E-state index in [-0.39, 0.29) is 19.1 Å². The van der Waals surface area contributed by atoms with Crippen LogP contribution in [0.15, 0.2) is 60.8 Å². The fourth-order valence-corrected chi connectivity index (χ4v) is 9.52. The third-order valence-corrected chi connectivity index (χ3v) is 14.4. The van der Waals surface area contributed by atoms with Gasteiger partial charge in [0, 0.05) is 6.42 Å². The summed E-state index contributed by atoms with van der Waals surface area (Å²) < 4.78 is 23.4. The summed E-state index contributed by atoms with van der Waals surface area (Å²) >= 11 is 0. The maximum Gasteiger partial charge on any atom is 0.268 e. The molecule has 0 radical (unpaired) electrons. The van der Waals surface area contributed by atoms with Gasteiger partial charge in [0.05, 0.1) is 39.9 Å². The second kappa shape index (κ2) is 53.0. The Hall–Kier alpha value is -1.80. The fraction of sp³-hybridized carbons (Fsp3) is 0.823. The minimum Gasteiger partial charge on any atom is -0.756 e. The number of carbonyl (C=O) groups excluding carboxylic acids is 1. The van der Waals surface area contributed by atoms with Gasteiger partial charge in [-0.1, -0.05) is 274 Å².